The van der Waals surface area contributed by atoms with Gasteiger partial charge in [-0.1, -0.05) is 6.07 Å². The fourth-order valence-electron chi connectivity index (χ4n) is 3.05. The van der Waals surface area contributed by atoms with Gasteiger partial charge < -0.3 is 36.4 Å². The number of nitrogen functional groups attached to an aromatic ring is 1. The molecule has 9 nitrogen and oxygen atoms in total. The highest BCUT2D eigenvalue weighted by Crippen LogP contribution is 2.31. The van der Waals surface area contributed by atoms with Crippen LogP contribution >= 0.6 is 0 Å². The number of ether oxygens (including phenoxy) is 2. The average Bonchev–Trinajstić information content (AvgIpc) is 2.73. The van der Waals surface area contributed by atoms with Gasteiger partial charge >= 0.3 is 5.97 Å². The number of aromatic nitrogens is 1. The summed E-state index contributed by atoms with van der Waals surface area (Å²) >= 11 is 0. The molecule has 0 aliphatic heterocycles. The minimum Gasteiger partial charge on any atom is -0.482 e. The quantitative estimate of drug-likeness (QED) is 0.285. The Morgan fingerprint density at radius 3 is 2.65 bits per heavy atom. The average molecular weight is 431 g/mol. The van der Waals surface area contributed by atoms with Crippen LogP contribution in [0.25, 0.3) is 5.57 Å². The van der Waals surface area contributed by atoms with Gasteiger partial charge in [-0.2, -0.15) is 0 Å². The van der Waals surface area contributed by atoms with Crippen LogP contribution < -0.4 is 21.1 Å². The molecular formula is C21H26FN5O4. The molecule has 10 heteroatoms. The molecule has 0 saturated carbocycles. The van der Waals surface area contributed by atoms with E-state index in [4.69, 9.17) is 20.6 Å². The normalized spacial score (nSPS) is 12.5. The molecule has 6 N–H and O–H groups in total. The van der Waals surface area contributed by atoms with Gasteiger partial charge in [-0.25, -0.2) is 14.2 Å². The SMILES string of the molecule is CNCC(=N)/C(=C(\NC)OC)c1cnc(N)c(OC(C)c2ccc(F)cc2C(=O)O)c1. The van der Waals surface area contributed by atoms with Crippen LogP contribution in [0.1, 0.15) is 34.5 Å². The van der Waals surface area contributed by atoms with Crippen molar-refractivity contribution in [2.45, 2.75) is 13.0 Å². The number of anilines is 1. The lowest BCUT2D eigenvalue weighted by molar-refractivity contribution is 0.0691. The number of rotatable bonds is 10. The van der Waals surface area contributed by atoms with Gasteiger partial charge in [0.05, 0.1) is 24.0 Å². The van der Waals surface area contributed by atoms with Crippen LogP contribution in [0.5, 0.6) is 5.75 Å². The lowest BCUT2D eigenvalue weighted by Gasteiger charge is -2.20. The summed E-state index contributed by atoms with van der Waals surface area (Å²) in [5.74, 6) is -1.30. The minimum atomic E-state index is -1.27. The fraction of sp³-hybridized carbons (Fsp3) is 0.286. The topological polar surface area (TPSA) is 143 Å². The van der Waals surface area contributed by atoms with Gasteiger partial charge in [-0.3, -0.25) is 0 Å². The second-order valence-electron chi connectivity index (χ2n) is 6.57. The maximum atomic E-state index is 13.5. The van der Waals surface area contributed by atoms with Crippen molar-refractivity contribution in [2.24, 2.45) is 0 Å². The first-order chi connectivity index (χ1) is 14.7. The summed E-state index contributed by atoms with van der Waals surface area (Å²) in [5, 5.41) is 23.6. The first-order valence-electron chi connectivity index (χ1n) is 9.37. The number of pyridine rings is 1. The van der Waals surface area contributed by atoms with E-state index in [0.29, 0.717) is 17.0 Å². The van der Waals surface area contributed by atoms with E-state index in [-0.39, 0.29) is 35.0 Å². The van der Waals surface area contributed by atoms with Crippen LogP contribution in [0, 0.1) is 11.2 Å². The van der Waals surface area contributed by atoms with Gasteiger partial charge in [-0.05, 0) is 32.2 Å². The Bertz CT molecular complexity index is 1000. The third kappa shape index (κ3) is 5.48. The van der Waals surface area contributed by atoms with Crippen LogP contribution in [0.3, 0.4) is 0 Å². The van der Waals surface area contributed by atoms with E-state index in [9.17, 15) is 14.3 Å². The molecule has 166 valence electrons. The maximum absolute atomic E-state index is 13.5. The van der Waals surface area contributed by atoms with Crippen molar-refractivity contribution >= 4 is 23.1 Å². The predicted molar refractivity (Wildman–Crippen MR) is 116 cm³/mol. The summed E-state index contributed by atoms with van der Waals surface area (Å²) in [5.41, 5.74) is 7.26. The van der Waals surface area contributed by atoms with Crippen LogP contribution in [-0.4, -0.2) is 49.5 Å². The molecule has 2 rings (SSSR count). The molecule has 2 aromatic rings. The number of carboxylic acid groups (broad SMARTS) is 1. The third-order valence-electron chi connectivity index (χ3n) is 4.47. The van der Waals surface area contributed by atoms with Crippen molar-refractivity contribution in [3.05, 3.63) is 58.9 Å². The van der Waals surface area contributed by atoms with Crippen molar-refractivity contribution < 1.29 is 23.8 Å². The van der Waals surface area contributed by atoms with Gasteiger partial charge in [0.1, 0.15) is 11.9 Å². The van der Waals surface area contributed by atoms with Crippen LogP contribution in [-0.2, 0) is 4.74 Å². The van der Waals surface area contributed by atoms with E-state index in [1.807, 2.05) is 0 Å². The molecular weight excluding hydrogens is 405 g/mol. The Morgan fingerprint density at radius 2 is 2.06 bits per heavy atom. The zero-order valence-electron chi connectivity index (χ0n) is 17.7. The number of aromatic carboxylic acids is 1. The molecule has 0 aliphatic rings. The Morgan fingerprint density at radius 1 is 1.35 bits per heavy atom. The van der Waals surface area contributed by atoms with Crippen molar-refractivity contribution in [1.29, 1.82) is 5.41 Å². The van der Waals surface area contributed by atoms with Crippen molar-refractivity contribution in [2.75, 3.05) is 33.5 Å². The van der Waals surface area contributed by atoms with E-state index in [1.54, 1.807) is 27.1 Å². The largest absolute Gasteiger partial charge is 0.482 e. The van der Waals surface area contributed by atoms with Crippen LogP contribution in [0.15, 0.2) is 36.3 Å². The summed E-state index contributed by atoms with van der Waals surface area (Å²) in [4.78, 5) is 15.7. The fourth-order valence-corrected chi connectivity index (χ4v) is 3.05. The summed E-state index contributed by atoms with van der Waals surface area (Å²) in [6.45, 7) is 1.90. The molecule has 1 unspecified atom stereocenters. The number of halogens is 1. The van der Waals surface area contributed by atoms with Gasteiger partial charge in [-0.15, -0.1) is 0 Å². The van der Waals surface area contributed by atoms with Gasteiger partial charge in [0, 0.05) is 30.9 Å². The van der Waals surface area contributed by atoms with E-state index in [2.05, 4.69) is 15.6 Å². The molecule has 0 bridgehead atoms. The molecule has 0 radical (unpaired) electrons. The van der Waals surface area contributed by atoms with Crippen molar-refractivity contribution in [3.63, 3.8) is 0 Å². The number of carboxylic acids is 1. The Labute approximate surface area is 179 Å². The first kappa shape index (κ1) is 23.6. The van der Waals surface area contributed by atoms with E-state index >= 15 is 0 Å². The highest BCUT2D eigenvalue weighted by molar-refractivity contribution is 6.23. The highest BCUT2D eigenvalue weighted by Gasteiger charge is 2.21. The zero-order valence-corrected chi connectivity index (χ0v) is 17.7. The Hall–Kier alpha value is -3.66. The van der Waals surface area contributed by atoms with Crippen molar-refractivity contribution in [1.82, 2.24) is 15.6 Å². The predicted octanol–water partition coefficient (Wildman–Crippen LogP) is 2.41. The molecule has 1 aromatic carbocycles. The van der Waals surface area contributed by atoms with Gasteiger partial charge in [0.2, 0.25) is 0 Å². The second kappa shape index (κ2) is 10.4. The van der Waals surface area contributed by atoms with Crippen molar-refractivity contribution in [3.8, 4) is 5.75 Å². The lowest BCUT2D eigenvalue weighted by atomic mass is 10.0. The maximum Gasteiger partial charge on any atom is 0.336 e. The highest BCUT2D eigenvalue weighted by atomic mass is 19.1. The molecule has 0 fully saturated rings. The number of nitrogens with zero attached hydrogens (tertiary/aromatic N) is 1. The van der Waals surface area contributed by atoms with E-state index in [0.717, 1.165) is 12.1 Å². The second-order valence-corrected chi connectivity index (χ2v) is 6.57. The monoisotopic (exact) mass is 431 g/mol. The number of hydrogen-bond donors (Lipinski definition) is 5. The molecule has 0 saturated heterocycles. The minimum absolute atomic E-state index is 0.0810. The van der Waals surface area contributed by atoms with Crippen LogP contribution in [0.4, 0.5) is 10.2 Å². The molecule has 1 heterocycles. The molecule has 31 heavy (non-hydrogen) atoms. The number of methoxy groups -OCH3 is 1. The smallest absolute Gasteiger partial charge is 0.336 e. The standard InChI is InChI=1S/C21H26FN5O4/c1-11(14-6-5-13(22)8-15(14)21(28)29)31-17-7-12(9-27-19(17)24)18(16(23)10-25-2)20(26-3)30-4/h5-9,11,23,25-26H,10H2,1-4H3,(H2,24,27)(H,28,29)/b20-18+,23-16?. The lowest BCUT2D eigenvalue weighted by Crippen LogP contribution is -2.23. The number of nitrogens with one attached hydrogen (secondary N) is 3. The van der Waals surface area contributed by atoms with E-state index < -0.39 is 17.9 Å². The summed E-state index contributed by atoms with van der Waals surface area (Å²) < 4.78 is 24.8. The number of carbonyl (C=O) groups is 1. The number of hydrogen-bond acceptors (Lipinski definition) is 8. The molecule has 1 atom stereocenters. The van der Waals surface area contributed by atoms with Gasteiger partial charge in [0.25, 0.3) is 0 Å². The van der Waals surface area contributed by atoms with E-state index in [1.165, 1.54) is 19.4 Å². The third-order valence-corrected chi connectivity index (χ3v) is 4.47. The summed E-state index contributed by atoms with van der Waals surface area (Å²) in [6.07, 6.45) is 0.727. The molecule has 0 spiro atoms. The summed E-state index contributed by atoms with van der Waals surface area (Å²) in [7, 11) is 4.86. The Kier molecular flexibility index (Phi) is 7.92. The Balaban J connectivity index is 2.49. The molecule has 0 aliphatic carbocycles. The molecule has 0 amide bonds. The molecule has 1 aromatic heterocycles. The zero-order chi connectivity index (χ0) is 23.1. The number of nitrogens with two attached hydrogens (primary N) is 1. The summed E-state index contributed by atoms with van der Waals surface area (Å²) in [6, 6.07) is 5.05. The first-order valence-corrected chi connectivity index (χ1v) is 9.37. The van der Waals surface area contributed by atoms with Crippen LogP contribution in [0.2, 0.25) is 0 Å². The van der Waals surface area contributed by atoms with Gasteiger partial charge in [0.15, 0.2) is 17.5 Å². The number of benzene rings is 1.